The molecule has 2 aliphatic rings. The molecule has 5 aromatic rings. The molecule has 0 radical (unpaired) electrons. The number of ether oxygens (including phenoxy) is 1. The minimum absolute atomic E-state index is 0.000166. The largest absolute Gasteiger partial charge is 0.454 e. The number of rotatable bonds is 12. The van der Waals surface area contributed by atoms with Crippen molar-refractivity contribution in [3.05, 3.63) is 106 Å². The number of nitrogens with zero attached hydrogens (tertiary/aromatic N) is 2. The second-order valence-electron chi connectivity index (χ2n) is 13.6. The number of H-pyrrole nitrogens is 1. The summed E-state index contributed by atoms with van der Waals surface area (Å²) in [7, 11) is -2.28. The van der Waals surface area contributed by atoms with Crippen molar-refractivity contribution in [1.29, 1.82) is 0 Å². The van der Waals surface area contributed by atoms with Crippen LogP contribution in [0.2, 0.25) is 0 Å². The molecular weight excluding hydrogens is 781 g/mol. The van der Waals surface area contributed by atoms with Gasteiger partial charge in [0.05, 0.1) is 5.75 Å². The lowest BCUT2D eigenvalue weighted by Gasteiger charge is -2.29. The van der Waals surface area contributed by atoms with Crippen LogP contribution in [-0.2, 0) is 38.0 Å². The molecular formula is C39H35F2N7O9S. The second kappa shape index (κ2) is 15.6. The molecule has 19 heteroatoms. The molecule has 1 atom stereocenters. The molecule has 2 aromatic heterocycles. The molecule has 5 amide bonds. The molecule has 300 valence electrons. The van der Waals surface area contributed by atoms with Crippen LogP contribution in [0.4, 0.5) is 20.2 Å². The number of piperidine rings is 1. The van der Waals surface area contributed by atoms with Gasteiger partial charge in [0.2, 0.25) is 27.7 Å². The van der Waals surface area contributed by atoms with Crippen molar-refractivity contribution in [1.82, 2.24) is 25.1 Å². The Morgan fingerprint density at radius 2 is 1.74 bits per heavy atom. The molecule has 0 spiro atoms. The van der Waals surface area contributed by atoms with E-state index >= 15 is 0 Å². The van der Waals surface area contributed by atoms with Crippen molar-refractivity contribution >= 4 is 61.8 Å². The number of pyridine rings is 1. The van der Waals surface area contributed by atoms with Crippen LogP contribution in [0.15, 0.2) is 71.7 Å². The Labute approximate surface area is 328 Å². The topological polar surface area (TPSA) is 218 Å². The molecule has 1 saturated heterocycles. The van der Waals surface area contributed by atoms with E-state index in [1.54, 1.807) is 18.2 Å². The molecule has 2 aliphatic heterocycles. The fraction of sp³-hybridized carbons (Fsp3) is 0.231. The van der Waals surface area contributed by atoms with Gasteiger partial charge in [0.15, 0.2) is 11.6 Å². The monoisotopic (exact) mass is 815 g/mol. The van der Waals surface area contributed by atoms with Gasteiger partial charge in [0, 0.05) is 84.3 Å². The summed E-state index contributed by atoms with van der Waals surface area (Å²) in [6.07, 6.45) is 1.53. The van der Waals surface area contributed by atoms with Gasteiger partial charge in [-0.3, -0.25) is 38.8 Å². The summed E-state index contributed by atoms with van der Waals surface area (Å²) in [5, 5.41) is 7.87. The average molecular weight is 816 g/mol. The van der Waals surface area contributed by atoms with Crippen LogP contribution in [-0.4, -0.2) is 70.7 Å². The summed E-state index contributed by atoms with van der Waals surface area (Å²) in [5.41, 5.74) is 1.21. The van der Waals surface area contributed by atoms with Crippen LogP contribution in [0.5, 0.6) is 11.5 Å². The van der Waals surface area contributed by atoms with E-state index in [0.29, 0.717) is 22.9 Å². The molecule has 5 N–H and O–H groups in total. The van der Waals surface area contributed by atoms with Crippen molar-refractivity contribution in [3.8, 4) is 22.6 Å². The SMILES string of the molecule is CCS(=O)(=O)Nc1ccc(Oc2ccc(F)cc2F)c(-c2cn(C)c(=O)c3[nH]c(C(=O)NCCC(=O)Nc4cccc5c4CN(C4CCC(=O)NC4=O)C5=O)cc23)c1. The van der Waals surface area contributed by atoms with Gasteiger partial charge in [-0.1, -0.05) is 6.07 Å². The van der Waals surface area contributed by atoms with Gasteiger partial charge in [-0.2, -0.15) is 0 Å². The van der Waals surface area contributed by atoms with E-state index in [1.165, 1.54) is 53.9 Å². The maximum atomic E-state index is 14.7. The Bertz CT molecular complexity index is 2730. The highest BCUT2D eigenvalue weighted by Gasteiger charge is 2.40. The fourth-order valence-electron chi connectivity index (χ4n) is 6.79. The summed E-state index contributed by atoms with van der Waals surface area (Å²) >= 11 is 0. The first-order valence-electron chi connectivity index (χ1n) is 18.0. The number of imide groups is 1. The number of carbonyl (C=O) groups excluding carboxylic acids is 5. The predicted octanol–water partition coefficient (Wildman–Crippen LogP) is 3.89. The van der Waals surface area contributed by atoms with Gasteiger partial charge < -0.3 is 29.8 Å². The zero-order valence-electron chi connectivity index (χ0n) is 30.9. The number of benzene rings is 3. The third-order valence-corrected chi connectivity index (χ3v) is 11.0. The van der Waals surface area contributed by atoms with E-state index < -0.39 is 62.8 Å². The number of anilines is 2. The number of carbonyl (C=O) groups is 5. The first-order chi connectivity index (χ1) is 27.6. The number of nitrogens with one attached hydrogen (secondary N) is 5. The summed E-state index contributed by atoms with van der Waals surface area (Å²) in [6.45, 7) is 1.36. The number of amides is 5. The molecule has 0 saturated carbocycles. The zero-order chi connectivity index (χ0) is 41.5. The van der Waals surface area contributed by atoms with Gasteiger partial charge in [-0.15, -0.1) is 0 Å². The van der Waals surface area contributed by atoms with Crippen LogP contribution >= 0.6 is 0 Å². The summed E-state index contributed by atoms with van der Waals surface area (Å²) in [5.74, 6) is -4.90. The van der Waals surface area contributed by atoms with E-state index in [4.69, 9.17) is 4.74 Å². The van der Waals surface area contributed by atoms with Crippen LogP contribution in [0.25, 0.3) is 22.0 Å². The van der Waals surface area contributed by atoms with Gasteiger partial charge in [-0.25, -0.2) is 17.2 Å². The van der Waals surface area contributed by atoms with E-state index in [-0.39, 0.29) is 83.0 Å². The normalized spacial score (nSPS) is 15.3. The number of aryl methyl sites for hydroxylation is 1. The summed E-state index contributed by atoms with van der Waals surface area (Å²) < 4.78 is 62.7. The zero-order valence-corrected chi connectivity index (χ0v) is 31.7. The second-order valence-corrected chi connectivity index (χ2v) is 15.6. The van der Waals surface area contributed by atoms with E-state index in [2.05, 4.69) is 25.7 Å². The highest BCUT2D eigenvalue weighted by Crippen LogP contribution is 2.40. The fourth-order valence-corrected chi connectivity index (χ4v) is 7.42. The number of hydrogen-bond acceptors (Lipinski definition) is 9. The van der Waals surface area contributed by atoms with Crippen molar-refractivity contribution in [2.24, 2.45) is 7.05 Å². The first kappa shape index (κ1) is 39.3. The molecule has 16 nitrogen and oxygen atoms in total. The maximum absolute atomic E-state index is 14.7. The standard InChI is InChI=1S/C39H35F2N7O9S/c1-3-58(55,56)46-21-8-11-31(57-32-10-7-20(40)15-27(32)41)23(16-21)25-18-47(2)39(54)35-24(25)17-29(44-35)36(51)42-14-13-34(50)43-28-6-4-5-22-26(28)19-48(38(22)53)30-9-12-33(49)45-37(30)52/h4-8,10-11,15-18,30,44,46H,3,9,12-14,19H2,1-2H3,(H,42,51)(H,43,50)(H,45,49,52). The molecule has 3 aromatic carbocycles. The van der Waals surface area contributed by atoms with Crippen molar-refractivity contribution in [3.63, 3.8) is 0 Å². The van der Waals surface area contributed by atoms with Crippen LogP contribution < -0.4 is 31.0 Å². The third kappa shape index (κ3) is 7.88. The summed E-state index contributed by atoms with van der Waals surface area (Å²) in [4.78, 5) is 81.1. The van der Waals surface area contributed by atoms with Crippen LogP contribution in [0, 0.1) is 11.6 Å². The smallest absolute Gasteiger partial charge is 0.274 e. The molecule has 0 aliphatic carbocycles. The lowest BCUT2D eigenvalue weighted by atomic mass is 10.0. The van der Waals surface area contributed by atoms with Crippen molar-refractivity contribution in [2.45, 2.75) is 38.8 Å². The van der Waals surface area contributed by atoms with E-state index in [9.17, 15) is 46.0 Å². The molecule has 1 unspecified atom stereocenters. The Balaban J connectivity index is 1.10. The third-order valence-electron chi connectivity index (χ3n) is 9.74. The lowest BCUT2D eigenvalue weighted by molar-refractivity contribution is -0.137. The number of fused-ring (bicyclic) bond motifs is 2. The molecule has 1 fully saturated rings. The lowest BCUT2D eigenvalue weighted by Crippen LogP contribution is -2.52. The van der Waals surface area contributed by atoms with E-state index in [1.807, 2.05) is 0 Å². The number of sulfonamides is 1. The Kier molecular flexibility index (Phi) is 10.6. The Morgan fingerprint density at radius 1 is 0.966 bits per heavy atom. The van der Waals surface area contributed by atoms with Gasteiger partial charge in [0.25, 0.3) is 17.4 Å². The number of aromatic amines is 1. The molecule has 4 heterocycles. The molecule has 58 heavy (non-hydrogen) atoms. The number of halogens is 2. The van der Waals surface area contributed by atoms with Crippen molar-refractivity contribution < 1.29 is 45.9 Å². The highest BCUT2D eigenvalue weighted by atomic mass is 32.2. The predicted molar refractivity (Wildman–Crippen MR) is 207 cm³/mol. The van der Waals surface area contributed by atoms with Gasteiger partial charge >= 0.3 is 0 Å². The highest BCUT2D eigenvalue weighted by molar-refractivity contribution is 7.92. The van der Waals surface area contributed by atoms with Gasteiger partial charge in [0.1, 0.15) is 28.8 Å². The maximum Gasteiger partial charge on any atom is 0.274 e. The quantitative estimate of drug-likeness (QED) is 0.115. The minimum Gasteiger partial charge on any atom is -0.454 e. The molecule has 7 rings (SSSR count). The number of aromatic nitrogens is 2. The summed E-state index contributed by atoms with van der Waals surface area (Å²) in [6, 6.07) is 12.3. The van der Waals surface area contributed by atoms with Crippen molar-refractivity contribution in [2.75, 3.05) is 22.3 Å². The number of hydrogen-bond donors (Lipinski definition) is 5. The van der Waals surface area contributed by atoms with E-state index in [0.717, 1.165) is 12.1 Å². The average Bonchev–Trinajstić information content (AvgIpc) is 3.77. The van der Waals surface area contributed by atoms with Crippen LogP contribution in [0.3, 0.4) is 0 Å². The minimum atomic E-state index is -3.74. The molecule has 0 bridgehead atoms. The Hall–Kier alpha value is -6.89. The van der Waals surface area contributed by atoms with Gasteiger partial charge in [-0.05, 0) is 61.9 Å². The Morgan fingerprint density at radius 3 is 2.48 bits per heavy atom. The van der Waals surface area contributed by atoms with Crippen LogP contribution in [0.1, 0.15) is 52.6 Å². The first-order valence-corrected chi connectivity index (χ1v) is 19.6.